The lowest BCUT2D eigenvalue weighted by atomic mass is 10.1. The molecule has 0 aromatic heterocycles. The van der Waals surface area contributed by atoms with E-state index in [4.69, 9.17) is 11.0 Å². The minimum atomic E-state index is -1.05. The molecule has 76 valence electrons. The molecule has 15 heavy (non-hydrogen) atoms. The predicted octanol–water partition coefficient (Wildman–Crippen LogP) is 1.36. The first-order valence-corrected chi connectivity index (χ1v) is 3.91. The van der Waals surface area contributed by atoms with Gasteiger partial charge in [0, 0.05) is 0 Å². The summed E-state index contributed by atoms with van der Waals surface area (Å²) >= 11 is 0. The van der Waals surface area contributed by atoms with E-state index in [1.807, 2.05) is 0 Å². The molecule has 0 bridgehead atoms. The molecule has 0 saturated heterocycles. The molecule has 1 aromatic rings. The molecule has 0 heterocycles. The van der Waals surface area contributed by atoms with Crippen molar-refractivity contribution in [3.63, 3.8) is 0 Å². The lowest BCUT2D eigenvalue weighted by molar-refractivity contribution is -0.114. The number of amides is 1. The Balaban J connectivity index is 3.14. The third-order valence-electron chi connectivity index (χ3n) is 1.64. The van der Waals surface area contributed by atoms with Gasteiger partial charge in [-0.3, -0.25) is 4.79 Å². The Labute approximate surface area is 84.4 Å². The topological polar surface area (TPSA) is 66.9 Å². The van der Waals surface area contributed by atoms with Gasteiger partial charge >= 0.3 is 0 Å². The molecule has 1 amide bonds. The van der Waals surface area contributed by atoms with Crippen molar-refractivity contribution in [2.75, 3.05) is 0 Å². The van der Waals surface area contributed by atoms with Gasteiger partial charge in [-0.1, -0.05) is 6.07 Å². The Morgan fingerprint density at radius 3 is 2.53 bits per heavy atom. The fourth-order valence-electron chi connectivity index (χ4n) is 0.927. The first-order chi connectivity index (χ1) is 7.04. The van der Waals surface area contributed by atoms with Gasteiger partial charge in [-0.25, -0.2) is 8.78 Å². The quantitative estimate of drug-likeness (QED) is 0.589. The maximum Gasteiger partial charge on any atom is 0.259 e. The smallest absolute Gasteiger partial charge is 0.259 e. The van der Waals surface area contributed by atoms with Crippen LogP contribution in [-0.2, 0) is 4.79 Å². The van der Waals surface area contributed by atoms with Crippen LogP contribution in [0.3, 0.4) is 0 Å². The van der Waals surface area contributed by atoms with Gasteiger partial charge < -0.3 is 5.73 Å². The summed E-state index contributed by atoms with van der Waals surface area (Å²) in [5.74, 6) is -2.96. The fourth-order valence-corrected chi connectivity index (χ4v) is 0.927. The SMILES string of the molecule is N#C/C(=C/c1ccc(F)c(F)c1)C(N)=O. The van der Waals surface area contributed by atoms with Crippen molar-refractivity contribution >= 4 is 12.0 Å². The lowest BCUT2D eigenvalue weighted by Crippen LogP contribution is -2.12. The molecule has 1 rings (SSSR count). The average Bonchev–Trinajstić information content (AvgIpc) is 2.19. The summed E-state index contributed by atoms with van der Waals surface area (Å²) in [6, 6.07) is 4.56. The number of benzene rings is 1. The lowest BCUT2D eigenvalue weighted by Gasteiger charge is -1.96. The van der Waals surface area contributed by atoms with Crippen molar-refractivity contribution in [2.45, 2.75) is 0 Å². The first-order valence-electron chi connectivity index (χ1n) is 3.91. The van der Waals surface area contributed by atoms with Crippen LogP contribution < -0.4 is 5.73 Å². The van der Waals surface area contributed by atoms with E-state index in [0.717, 1.165) is 18.2 Å². The zero-order chi connectivity index (χ0) is 11.4. The van der Waals surface area contributed by atoms with E-state index in [2.05, 4.69) is 0 Å². The van der Waals surface area contributed by atoms with Gasteiger partial charge in [0.25, 0.3) is 5.91 Å². The van der Waals surface area contributed by atoms with Crippen LogP contribution in [0.5, 0.6) is 0 Å². The van der Waals surface area contributed by atoms with Gasteiger partial charge in [-0.05, 0) is 23.8 Å². The van der Waals surface area contributed by atoms with Gasteiger partial charge in [0.2, 0.25) is 0 Å². The molecule has 0 fully saturated rings. The minimum Gasteiger partial charge on any atom is -0.365 e. The second-order valence-corrected chi connectivity index (χ2v) is 2.71. The van der Waals surface area contributed by atoms with Crippen LogP contribution in [0.4, 0.5) is 8.78 Å². The van der Waals surface area contributed by atoms with Crippen LogP contribution in [0, 0.1) is 23.0 Å². The maximum absolute atomic E-state index is 12.7. The highest BCUT2D eigenvalue weighted by atomic mass is 19.2. The van der Waals surface area contributed by atoms with E-state index in [1.165, 1.54) is 6.07 Å². The number of carbonyl (C=O) groups excluding carboxylic acids is 1. The highest BCUT2D eigenvalue weighted by Crippen LogP contribution is 2.11. The number of carbonyl (C=O) groups is 1. The molecule has 0 unspecified atom stereocenters. The first kappa shape index (κ1) is 10.9. The van der Waals surface area contributed by atoms with Crippen molar-refractivity contribution in [1.29, 1.82) is 5.26 Å². The molecule has 0 atom stereocenters. The van der Waals surface area contributed by atoms with Gasteiger partial charge in [0.05, 0.1) is 0 Å². The van der Waals surface area contributed by atoms with E-state index in [1.54, 1.807) is 6.07 Å². The molecule has 0 aliphatic heterocycles. The van der Waals surface area contributed by atoms with Gasteiger partial charge in [-0.15, -0.1) is 0 Å². The minimum absolute atomic E-state index is 0.198. The summed E-state index contributed by atoms with van der Waals surface area (Å²) in [7, 11) is 0. The van der Waals surface area contributed by atoms with Crippen LogP contribution in [0.1, 0.15) is 5.56 Å². The summed E-state index contributed by atoms with van der Waals surface area (Å²) in [5.41, 5.74) is 4.75. The number of hydrogen-bond acceptors (Lipinski definition) is 2. The number of nitriles is 1. The van der Waals surface area contributed by atoms with Gasteiger partial charge in [0.1, 0.15) is 11.6 Å². The second kappa shape index (κ2) is 4.33. The predicted molar refractivity (Wildman–Crippen MR) is 49.1 cm³/mol. The third kappa shape index (κ3) is 2.61. The summed E-state index contributed by atoms with van der Waals surface area (Å²) < 4.78 is 25.3. The molecule has 2 N–H and O–H groups in total. The molecule has 1 aromatic carbocycles. The fraction of sp³-hybridized carbons (Fsp3) is 0. The normalized spacial score (nSPS) is 10.9. The van der Waals surface area contributed by atoms with Crippen molar-refractivity contribution in [1.82, 2.24) is 0 Å². The number of nitrogens with two attached hydrogens (primary N) is 1. The van der Waals surface area contributed by atoms with Crippen molar-refractivity contribution in [3.05, 3.63) is 41.0 Å². The average molecular weight is 208 g/mol. The number of hydrogen-bond donors (Lipinski definition) is 1. The molecule has 5 heteroatoms. The molecule has 3 nitrogen and oxygen atoms in total. The Kier molecular flexibility index (Phi) is 3.13. The highest BCUT2D eigenvalue weighted by Gasteiger charge is 2.05. The van der Waals surface area contributed by atoms with E-state index in [9.17, 15) is 13.6 Å². The zero-order valence-electron chi connectivity index (χ0n) is 7.50. The monoisotopic (exact) mass is 208 g/mol. The zero-order valence-corrected chi connectivity index (χ0v) is 7.50. The van der Waals surface area contributed by atoms with Gasteiger partial charge in [0.15, 0.2) is 11.6 Å². The Morgan fingerprint density at radius 1 is 1.40 bits per heavy atom. The number of halogens is 2. The largest absolute Gasteiger partial charge is 0.365 e. The third-order valence-corrected chi connectivity index (χ3v) is 1.64. The van der Waals surface area contributed by atoms with Crippen LogP contribution in [-0.4, -0.2) is 5.91 Å². The summed E-state index contributed by atoms with van der Waals surface area (Å²) in [6.45, 7) is 0. The highest BCUT2D eigenvalue weighted by molar-refractivity contribution is 6.00. The van der Waals surface area contributed by atoms with Crippen LogP contribution in [0.25, 0.3) is 6.08 Å². The van der Waals surface area contributed by atoms with Crippen molar-refractivity contribution in [3.8, 4) is 6.07 Å². The van der Waals surface area contributed by atoms with E-state index >= 15 is 0 Å². The van der Waals surface area contributed by atoms with Crippen LogP contribution >= 0.6 is 0 Å². The molecular weight excluding hydrogens is 202 g/mol. The molecule has 0 radical (unpaired) electrons. The Bertz CT molecular complexity index is 475. The van der Waals surface area contributed by atoms with Crippen molar-refractivity contribution < 1.29 is 13.6 Å². The number of nitrogens with zero attached hydrogens (tertiary/aromatic N) is 1. The van der Waals surface area contributed by atoms with Gasteiger partial charge in [-0.2, -0.15) is 5.26 Å². The standard InChI is InChI=1S/C10H6F2N2O/c11-8-2-1-6(4-9(8)12)3-7(5-13)10(14)15/h1-4H,(H2,14,15)/b7-3-. The second-order valence-electron chi connectivity index (χ2n) is 2.71. The summed E-state index contributed by atoms with van der Waals surface area (Å²) in [6.07, 6.45) is 1.09. The number of primary amides is 1. The Morgan fingerprint density at radius 2 is 2.07 bits per heavy atom. The molecule has 0 spiro atoms. The maximum atomic E-state index is 12.7. The molecule has 0 aliphatic carbocycles. The van der Waals surface area contributed by atoms with E-state index in [0.29, 0.717) is 0 Å². The van der Waals surface area contributed by atoms with Crippen molar-refractivity contribution in [2.24, 2.45) is 5.73 Å². The Hall–Kier alpha value is -2.22. The molecule has 0 aliphatic rings. The molecular formula is C10H6F2N2O. The van der Waals surface area contributed by atoms with Crippen LogP contribution in [0.2, 0.25) is 0 Å². The molecule has 0 saturated carbocycles. The number of rotatable bonds is 2. The van der Waals surface area contributed by atoms with E-state index in [-0.39, 0.29) is 11.1 Å². The van der Waals surface area contributed by atoms with E-state index < -0.39 is 17.5 Å². The summed E-state index contributed by atoms with van der Waals surface area (Å²) in [4.78, 5) is 10.7. The summed E-state index contributed by atoms with van der Waals surface area (Å²) in [5, 5.41) is 8.49. The van der Waals surface area contributed by atoms with Crippen LogP contribution in [0.15, 0.2) is 23.8 Å².